The summed E-state index contributed by atoms with van der Waals surface area (Å²) in [7, 11) is 0. The second-order valence-corrected chi connectivity index (χ2v) is 5.16. The molecule has 0 bridgehead atoms. The van der Waals surface area contributed by atoms with Crippen molar-refractivity contribution >= 4 is 29.4 Å². The molecule has 0 spiro atoms. The van der Waals surface area contributed by atoms with E-state index in [1.807, 2.05) is 19.2 Å². The molecule has 6 nitrogen and oxygen atoms in total. The van der Waals surface area contributed by atoms with E-state index >= 15 is 0 Å². The predicted molar refractivity (Wildman–Crippen MR) is 87.0 cm³/mol. The molecule has 0 saturated carbocycles. The van der Waals surface area contributed by atoms with E-state index in [0.717, 1.165) is 36.2 Å². The lowest BCUT2D eigenvalue weighted by Crippen LogP contribution is -2.10. The van der Waals surface area contributed by atoms with Gasteiger partial charge in [-0.15, -0.1) is 0 Å². The normalized spacial score (nSPS) is 10.2. The van der Waals surface area contributed by atoms with Crippen LogP contribution in [0.4, 0.5) is 11.6 Å². The molecule has 118 valence electrons. The van der Waals surface area contributed by atoms with Gasteiger partial charge in [-0.25, -0.2) is 9.97 Å². The third-order valence-electron chi connectivity index (χ3n) is 2.61. The Labute approximate surface area is 130 Å². The quantitative estimate of drug-likeness (QED) is 0.298. The van der Waals surface area contributed by atoms with Gasteiger partial charge in [0, 0.05) is 25.6 Å². The van der Waals surface area contributed by atoms with Crippen molar-refractivity contribution in [2.24, 2.45) is 0 Å². The van der Waals surface area contributed by atoms with Crippen molar-refractivity contribution in [3.8, 4) is 0 Å². The molecule has 1 aromatic heterocycles. The van der Waals surface area contributed by atoms with Crippen LogP contribution in [0, 0.1) is 0 Å². The highest BCUT2D eigenvalue weighted by Crippen LogP contribution is 2.17. The Bertz CT molecular complexity index is 443. The van der Waals surface area contributed by atoms with Crippen LogP contribution < -0.4 is 10.6 Å². The van der Waals surface area contributed by atoms with Gasteiger partial charge in [0.1, 0.15) is 11.6 Å². The number of carbonyl (C=O) groups is 1. The standard InChI is InChI=1S/C14H24N4O2S/c1-4-8-15-11-10-12(18-14(17-11)21-3)16-9-6-7-13(19)20-5-2/h10H,4-9H2,1-3H3,(H2,15,16,17,18). The number of ether oxygens (including phenoxy) is 1. The lowest BCUT2D eigenvalue weighted by Gasteiger charge is -2.10. The van der Waals surface area contributed by atoms with Crippen LogP contribution in [0.15, 0.2) is 11.2 Å². The molecule has 0 unspecified atom stereocenters. The highest BCUT2D eigenvalue weighted by Gasteiger charge is 2.05. The molecular formula is C14H24N4O2S. The number of carbonyl (C=O) groups excluding carboxylic acids is 1. The summed E-state index contributed by atoms with van der Waals surface area (Å²) in [6, 6.07) is 1.89. The Balaban J connectivity index is 2.47. The number of aromatic nitrogens is 2. The summed E-state index contributed by atoms with van der Waals surface area (Å²) < 4.78 is 4.89. The van der Waals surface area contributed by atoms with Gasteiger partial charge in [0.2, 0.25) is 0 Å². The molecule has 0 aromatic carbocycles. The van der Waals surface area contributed by atoms with E-state index in [1.165, 1.54) is 11.8 Å². The molecule has 0 aliphatic carbocycles. The monoisotopic (exact) mass is 312 g/mol. The summed E-state index contributed by atoms with van der Waals surface area (Å²) in [6.07, 6.45) is 4.13. The first kappa shape index (κ1) is 17.6. The van der Waals surface area contributed by atoms with Crippen LogP contribution >= 0.6 is 11.8 Å². The van der Waals surface area contributed by atoms with Crippen LogP contribution in [0.5, 0.6) is 0 Å². The fourth-order valence-corrected chi connectivity index (χ4v) is 2.01. The molecule has 0 saturated heterocycles. The molecule has 1 rings (SSSR count). The summed E-state index contributed by atoms with van der Waals surface area (Å²) in [6.45, 7) is 5.91. The molecule has 1 aromatic rings. The molecule has 0 radical (unpaired) electrons. The van der Waals surface area contributed by atoms with Crippen molar-refractivity contribution in [2.45, 2.75) is 38.3 Å². The summed E-state index contributed by atoms with van der Waals surface area (Å²) in [5.41, 5.74) is 0. The van der Waals surface area contributed by atoms with Crippen LogP contribution in [-0.2, 0) is 9.53 Å². The van der Waals surface area contributed by atoms with Gasteiger partial charge < -0.3 is 15.4 Å². The minimum Gasteiger partial charge on any atom is -0.466 e. The lowest BCUT2D eigenvalue weighted by atomic mass is 10.3. The first-order valence-electron chi connectivity index (χ1n) is 7.26. The number of thioether (sulfide) groups is 1. The van der Waals surface area contributed by atoms with E-state index in [-0.39, 0.29) is 5.97 Å². The molecule has 1 heterocycles. The fraction of sp³-hybridized carbons (Fsp3) is 0.643. The molecule has 0 atom stereocenters. The summed E-state index contributed by atoms with van der Waals surface area (Å²) >= 11 is 1.50. The number of nitrogens with zero attached hydrogens (tertiary/aromatic N) is 2. The van der Waals surface area contributed by atoms with Crippen molar-refractivity contribution in [2.75, 3.05) is 36.6 Å². The van der Waals surface area contributed by atoms with Gasteiger partial charge in [-0.3, -0.25) is 4.79 Å². The van der Waals surface area contributed by atoms with E-state index in [4.69, 9.17) is 4.74 Å². The van der Waals surface area contributed by atoms with Gasteiger partial charge in [0.15, 0.2) is 5.16 Å². The first-order valence-corrected chi connectivity index (χ1v) is 8.48. The Morgan fingerprint density at radius 1 is 1.24 bits per heavy atom. The van der Waals surface area contributed by atoms with E-state index in [1.54, 1.807) is 0 Å². The second kappa shape index (κ2) is 10.3. The van der Waals surface area contributed by atoms with Gasteiger partial charge in [0.05, 0.1) is 6.61 Å². The number of nitrogens with one attached hydrogen (secondary N) is 2. The van der Waals surface area contributed by atoms with Crippen molar-refractivity contribution < 1.29 is 9.53 Å². The molecule has 0 fully saturated rings. The van der Waals surface area contributed by atoms with Crippen LogP contribution in [0.2, 0.25) is 0 Å². The average molecular weight is 312 g/mol. The molecule has 21 heavy (non-hydrogen) atoms. The highest BCUT2D eigenvalue weighted by atomic mass is 32.2. The van der Waals surface area contributed by atoms with E-state index < -0.39 is 0 Å². The number of hydrogen-bond donors (Lipinski definition) is 2. The van der Waals surface area contributed by atoms with Gasteiger partial charge in [-0.1, -0.05) is 18.7 Å². The highest BCUT2D eigenvalue weighted by molar-refractivity contribution is 7.98. The Kier molecular flexibility index (Phi) is 8.57. The largest absolute Gasteiger partial charge is 0.466 e. The predicted octanol–water partition coefficient (Wildman–Crippen LogP) is 2.78. The van der Waals surface area contributed by atoms with Crippen molar-refractivity contribution in [1.29, 1.82) is 0 Å². The average Bonchev–Trinajstić information content (AvgIpc) is 2.49. The first-order chi connectivity index (χ1) is 10.2. The molecule has 0 aliphatic heterocycles. The zero-order valence-electron chi connectivity index (χ0n) is 12.9. The van der Waals surface area contributed by atoms with Gasteiger partial charge in [-0.2, -0.15) is 0 Å². The smallest absolute Gasteiger partial charge is 0.305 e. The molecule has 0 aliphatic rings. The zero-order valence-corrected chi connectivity index (χ0v) is 13.8. The van der Waals surface area contributed by atoms with Gasteiger partial charge in [0.25, 0.3) is 0 Å². The zero-order chi connectivity index (χ0) is 15.5. The number of anilines is 2. The van der Waals surface area contributed by atoms with Crippen LogP contribution in [0.25, 0.3) is 0 Å². The van der Waals surface area contributed by atoms with Crippen LogP contribution in [-0.4, -0.2) is 41.9 Å². The van der Waals surface area contributed by atoms with Gasteiger partial charge >= 0.3 is 5.97 Å². The number of esters is 1. The third kappa shape index (κ3) is 7.17. The third-order valence-corrected chi connectivity index (χ3v) is 3.16. The number of rotatable bonds is 10. The van der Waals surface area contributed by atoms with Crippen molar-refractivity contribution in [3.05, 3.63) is 6.07 Å². The van der Waals surface area contributed by atoms with Crippen molar-refractivity contribution in [1.82, 2.24) is 9.97 Å². The number of hydrogen-bond acceptors (Lipinski definition) is 7. The molecular weight excluding hydrogens is 288 g/mol. The Hall–Kier alpha value is -1.50. The molecule has 2 N–H and O–H groups in total. The summed E-state index contributed by atoms with van der Waals surface area (Å²) in [4.78, 5) is 20.0. The maximum atomic E-state index is 11.2. The topological polar surface area (TPSA) is 76.1 Å². The summed E-state index contributed by atoms with van der Waals surface area (Å²) in [5, 5.41) is 7.20. The van der Waals surface area contributed by atoms with Gasteiger partial charge in [-0.05, 0) is 26.0 Å². The molecule has 7 heteroatoms. The van der Waals surface area contributed by atoms with Crippen molar-refractivity contribution in [3.63, 3.8) is 0 Å². The lowest BCUT2D eigenvalue weighted by molar-refractivity contribution is -0.143. The van der Waals surface area contributed by atoms with Crippen LogP contribution in [0.1, 0.15) is 33.1 Å². The minimum absolute atomic E-state index is 0.155. The SMILES string of the molecule is CCCNc1cc(NCCCC(=O)OCC)nc(SC)n1. The van der Waals surface area contributed by atoms with E-state index in [0.29, 0.717) is 19.6 Å². The maximum Gasteiger partial charge on any atom is 0.305 e. The Morgan fingerprint density at radius 3 is 2.48 bits per heavy atom. The maximum absolute atomic E-state index is 11.2. The Morgan fingerprint density at radius 2 is 1.90 bits per heavy atom. The summed E-state index contributed by atoms with van der Waals surface area (Å²) in [5.74, 6) is 1.44. The minimum atomic E-state index is -0.155. The van der Waals surface area contributed by atoms with E-state index in [2.05, 4.69) is 27.5 Å². The fourth-order valence-electron chi connectivity index (χ4n) is 1.63. The molecule has 0 amide bonds. The van der Waals surface area contributed by atoms with E-state index in [9.17, 15) is 4.79 Å². The van der Waals surface area contributed by atoms with Crippen LogP contribution in [0.3, 0.4) is 0 Å². The second-order valence-electron chi connectivity index (χ2n) is 4.39.